The van der Waals surface area contributed by atoms with Crippen LogP contribution in [0.5, 0.6) is 0 Å². The molecule has 6 heteroatoms. The minimum atomic E-state index is -0.953. The predicted molar refractivity (Wildman–Crippen MR) is 79.8 cm³/mol. The largest absolute Gasteiger partial charge is 0.478 e. The quantitative estimate of drug-likeness (QED) is 0.769. The van der Waals surface area contributed by atoms with Gasteiger partial charge in [-0.05, 0) is 36.6 Å². The highest BCUT2D eigenvalue weighted by atomic mass is 16.5. The Labute approximate surface area is 129 Å². The van der Waals surface area contributed by atoms with E-state index >= 15 is 0 Å². The van der Waals surface area contributed by atoms with Gasteiger partial charge in [-0.3, -0.25) is 4.79 Å². The number of carbonyl (C=O) groups is 2. The molecule has 0 atom stereocenters. The minimum Gasteiger partial charge on any atom is -0.478 e. The van der Waals surface area contributed by atoms with E-state index < -0.39 is 5.97 Å². The third-order valence-corrected chi connectivity index (χ3v) is 3.62. The summed E-state index contributed by atoms with van der Waals surface area (Å²) in [6, 6.07) is 5.09. The molecule has 1 aliphatic rings. The summed E-state index contributed by atoms with van der Waals surface area (Å²) in [5, 5.41) is 9.04. The maximum Gasteiger partial charge on any atom is 0.335 e. The second-order valence-electron chi connectivity index (χ2n) is 5.10. The zero-order chi connectivity index (χ0) is 15.9. The van der Waals surface area contributed by atoms with Crippen LogP contribution in [-0.4, -0.2) is 54.9 Å². The van der Waals surface area contributed by atoms with Crippen LogP contribution < -0.4 is 0 Å². The van der Waals surface area contributed by atoms with E-state index in [9.17, 15) is 9.59 Å². The number of carboxylic acids is 1. The normalized spacial score (nSPS) is 13.8. The first-order valence-corrected chi connectivity index (χ1v) is 7.40. The summed E-state index contributed by atoms with van der Waals surface area (Å²) in [6.45, 7) is 4.51. The molecule has 0 spiro atoms. The lowest BCUT2D eigenvalue weighted by molar-refractivity contribution is -0.137. The van der Waals surface area contributed by atoms with E-state index in [1.807, 2.05) is 13.0 Å². The average Bonchev–Trinajstić information content (AvgIpc) is 2.53. The van der Waals surface area contributed by atoms with Crippen LogP contribution in [0.2, 0.25) is 0 Å². The third-order valence-electron chi connectivity index (χ3n) is 3.62. The Morgan fingerprint density at radius 1 is 1.23 bits per heavy atom. The van der Waals surface area contributed by atoms with E-state index in [2.05, 4.69) is 0 Å². The van der Waals surface area contributed by atoms with Gasteiger partial charge in [-0.15, -0.1) is 0 Å². The molecule has 120 valence electrons. The number of hydrogen-bond donors (Lipinski definition) is 1. The number of aromatic carboxylic acids is 1. The molecule has 0 bridgehead atoms. The lowest BCUT2D eigenvalue weighted by Gasteiger charge is -2.29. The maximum absolute atomic E-state index is 12.1. The zero-order valence-corrected chi connectivity index (χ0v) is 12.7. The molecule has 0 fully saturated rings. The van der Waals surface area contributed by atoms with Gasteiger partial charge in [-0.25, -0.2) is 4.79 Å². The summed E-state index contributed by atoms with van der Waals surface area (Å²) in [7, 11) is 0. The Bertz CT molecular complexity index is 543. The molecule has 1 aromatic rings. The first-order chi connectivity index (χ1) is 10.6. The van der Waals surface area contributed by atoms with Crippen LogP contribution in [0, 0.1) is 0 Å². The van der Waals surface area contributed by atoms with Gasteiger partial charge >= 0.3 is 5.97 Å². The second-order valence-corrected chi connectivity index (χ2v) is 5.10. The topological polar surface area (TPSA) is 76.1 Å². The number of nitrogens with zero attached hydrogens (tertiary/aromatic N) is 1. The van der Waals surface area contributed by atoms with Gasteiger partial charge in [0.2, 0.25) is 5.91 Å². The van der Waals surface area contributed by atoms with Crippen LogP contribution in [0.15, 0.2) is 18.2 Å². The third kappa shape index (κ3) is 4.29. The number of benzene rings is 1. The Morgan fingerprint density at radius 3 is 2.73 bits per heavy atom. The molecule has 0 saturated heterocycles. The molecule has 0 unspecified atom stereocenters. The number of ether oxygens (including phenoxy) is 2. The summed E-state index contributed by atoms with van der Waals surface area (Å²) < 4.78 is 10.4. The number of carboxylic acid groups (broad SMARTS) is 1. The van der Waals surface area contributed by atoms with Gasteiger partial charge in [0.25, 0.3) is 0 Å². The Balaban J connectivity index is 1.89. The van der Waals surface area contributed by atoms with Crippen LogP contribution >= 0.6 is 0 Å². The molecule has 0 aliphatic carbocycles. The molecule has 1 heterocycles. The molecule has 6 nitrogen and oxygen atoms in total. The zero-order valence-electron chi connectivity index (χ0n) is 12.7. The first kappa shape index (κ1) is 16.5. The molecule has 1 aliphatic heterocycles. The fraction of sp³-hybridized carbons (Fsp3) is 0.500. The Kier molecular flexibility index (Phi) is 5.91. The maximum atomic E-state index is 12.1. The van der Waals surface area contributed by atoms with Gasteiger partial charge in [0, 0.05) is 19.7 Å². The highest BCUT2D eigenvalue weighted by molar-refractivity contribution is 5.88. The van der Waals surface area contributed by atoms with Crippen molar-refractivity contribution in [2.75, 3.05) is 33.0 Å². The second kappa shape index (κ2) is 7.91. The highest BCUT2D eigenvalue weighted by Gasteiger charge is 2.21. The molecule has 2 rings (SSSR count). The lowest BCUT2D eigenvalue weighted by Crippen LogP contribution is -2.38. The van der Waals surface area contributed by atoms with Crippen LogP contribution in [0.3, 0.4) is 0 Å². The van der Waals surface area contributed by atoms with Gasteiger partial charge in [0.15, 0.2) is 0 Å². The number of fused-ring (bicyclic) bond motifs is 1. The van der Waals surface area contributed by atoms with Crippen molar-refractivity contribution < 1.29 is 24.2 Å². The SMILES string of the molecule is CCOCCOCC(=O)N1CCc2ccc(C(=O)O)cc2C1. The fourth-order valence-electron chi connectivity index (χ4n) is 2.42. The monoisotopic (exact) mass is 307 g/mol. The van der Waals surface area contributed by atoms with Gasteiger partial charge in [-0.1, -0.05) is 6.07 Å². The summed E-state index contributed by atoms with van der Waals surface area (Å²) in [5.74, 6) is -1.03. The lowest BCUT2D eigenvalue weighted by atomic mass is 9.97. The molecule has 1 N–H and O–H groups in total. The van der Waals surface area contributed by atoms with E-state index in [0.29, 0.717) is 32.9 Å². The van der Waals surface area contributed by atoms with E-state index in [1.165, 1.54) is 0 Å². The van der Waals surface area contributed by atoms with Crippen molar-refractivity contribution >= 4 is 11.9 Å². The van der Waals surface area contributed by atoms with Crippen molar-refractivity contribution in [1.82, 2.24) is 4.90 Å². The molecular weight excluding hydrogens is 286 g/mol. The van der Waals surface area contributed by atoms with Crippen molar-refractivity contribution in [2.45, 2.75) is 19.9 Å². The Hall–Kier alpha value is -1.92. The van der Waals surface area contributed by atoms with E-state index in [4.69, 9.17) is 14.6 Å². The van der Waals surface area contributed by atoms with Gasteiger partial charge in [0.1, 0.15) is 6.61 Å². The number of rotatable bonds is 7. The minimum absolute atomic E-state index is 0.0288. The predicted octanol–water partition coefficient (Wildman–Crippen LogP) is 1.32. The number of hydrogen-bond acceptors (Lipinski definition) is 4. The smallest absolute Gasteiger partial charge is 0.335 e. The number of amides is 1. The van der Waals surface area contributed by atoms with Crippen LogP contribution in [0.25, 0.3) is 0 Å². The molecule has 1 aromatic carbocycles. The van der Waals surface area contributed by atoms with Gasteiger partial charge < -0.3 is 19.5 Å². The van der Waals surface area contributed by atoms with Gasteiger partial charge in [0.05, 0.1) is 18.8 Å². The summed E-state index contributed by atoms with van der Waals surface area (Å²) >= 11 is 0. The van der Waals surface area contributed by atoms with Crippen molar-refractivity contribution in [3.63, 3.8) is 0 Å². The van der Waals surface area contributed by atoms with Crippen molar-refractivity contribution in [3.05, 3.63) is 34.9 Å². The fourth-order valence-corrected chi connectivity index (χ4v) is 2.42. The molecule has 0 radical (unpaired) electrons. The molecule has 0 saturated carbocycles. The van der Waals surface area contributed by atoms with Crippen molar-refractivity contribution in [3.8, 4) is 0 Å². The summed E-state index contributed by atoms with van der Waals surface area (Å²) in [4.78, 5) is 24.8. The average molecular weight is 307 g/mol. The van der Waals surface area contributed by atoms with Crippen LogP contribution in [0.1, 0.15) is 28.4 Å². The van der Waals surface area contributed by atoms with E-state index in [1.54, 1.807) is 17.0 Å². The highest BCUT2D eigenvalue weighted by Crippen LogP contribution is 2.20. The van der Waals surface area contributed by atoms with Crippen LogP contribution in [-0.2, 0) is 27.2 Å². The summed E-state index contributed by atoms with van der Waals surface area (Å²) in [5.41, 5.74) is 2.25. The molecular formula is C16H21NO5. The van der Waals surface area contributed by atoms with E-state index in [-0.39, 0.29) is 18.1 Å². The molecule has 22 heavy (non-hydrogen) atoms. The van der Waals surface area contributed by atoms with Crippen molar-refractivity contribution in [1.29, 1.82) is 0 Å². The standard InChI is InChI=1S/C16H21NO5/c1-2-21-7-8-22-11-15(18)17-6-5-12-3-4-13(16(19)20)9-14(12)10-17/h3-4,9H,2,5-8,10-11H2,1H3,(H,19,20). The first-order valence-electron chi connectivity index (χ1n) is 7.40. The molecule has 1 amide bonds. The van der Waals surface area contributed by atoms with Crippen LogP contribution in [0.4, 0.5) is 0 Å². The van der Waals surface area contributed by atoms with E-state index in [0.717, 1.165) is 17.5 Å². The summed E-state index contributed by atoms with van der Waals surface area (Å²) in [6.07, 6.45) is 0.736. The van der Waals surface area contributed by atoms with Gasteiger partial charge in [-0.2, -0.15) is 0 Å². The van der Waals surface area contributed by atoms with Crippen molar-refractivity contribution in [2.24, 2.45) is 0 Å². The number of carbonyl (C=O) groups excluding carboxylic acids is 1. The Morgan fingerprint density at radius 2 is 2.00 bits per heavy atom. The molecule has 0 aromatic heterocycles.